The van der Waals surface area contributed by atoms with E-state index in [1.807, 2.05) is 12.2 Å². The van der Waals surface area contributed by atoms with E-state index >= 15 is 0 Å². The second-order valence-corrected chi connectivity index (χ2v) is 4.54. The van der Waals surface area contributed by atoms with Gasteiger partial charge in [-0.25, -0.2) is 4.79 Å². The van der Waals surface area contributed by atoms with E-state index in [2.05, 4.69) is 0 Å². The normalized spacial score (nSPS) is 17.4. The number of nitrogens with one attached hydrogen (secondary N) is 1. The van der Waals surface area contributed by atoms with Crippen LogP contribution in [0.1, 0.15) is 19.8 Å². The smallest absolute Gasteiger partial charge is 0.383 e. The summed E-state index contributed by atoms with van der Waals surface area (Å²) in [4.78, 5) is 13.2. The molecule has 1 aliphatic carbocycles. The molecule has 0 radical (unpaired) electrons. The second kappa shape index (κ2) is 6.26. The molecule has 0 spiro atoms. The van der Waals surface area contributed by atoms with E-state index in [-0.39, 0.29) is 6.04 Å². The van der Waals surface area contributed by atoms with Crippen molar-refractivity contribution in [3.8, 4) is 0 Å². The summed E-state index contributed by atoms with van der Waals surface area (Å²) in [5.41, 5.74) is 0. The average Bonchev–Trinajstić information content (AvgIpc) is 3.09. The summed E-state index contributed by atoms with van der Waals surface area (Å²) in [6.07, 6.45) is -2.33. The van der Waals surface area contributed by atoms with Gasteiger partial charge < -0.3 is 15.0 Å². The standard InChI is InChI=1S/C11H19F3N2O2/c1-8(9-3-4-9)16(5-6-18-2)10(17)15-7-11(12,13)14/h8-9H,3-7H2,1-2H3,(H,15,17). The van der Waals surface area contributed by atoms with E-state index in [1.165, 1.54) is 12.0 Å². The molecule has 0 saturated heterocycles. The minimum absolute atomic E-state index is 0.0478. The fraction of sp³-hybridized carbons (Fsp3) is 0.909. The summed E-state index contributed by atoms with van der Waals surface area (Å²) >= 11 is 0. The lowest BCUT2D eigenvalue weighted by molar-refractivity contribution is -0.123. The van der Waals surface area contributed by atoms with E-state index < -0.39 is 18.8 Å². The molecule has 1 saturated carbocycles. The summed E-state index contributed by atoms with van der Waals surface area (Å²) in [7, 11) is 1.49. The number of carbonyl (C=O) groups excluding carboxylic acids is 1. The zero-order valence-corrected chi connectivity index (χ0v) is 10.6. The number of halogens is 3. The third-order valence-electron chi connectivity index (χ3n) is 3.03. The van der Waals surface area contributed by atoms with Crippen LogP contribution in [0.4, 0.5) is 18.0 Å². The van der Waals surface area contributed by atoms with E-state index in [9.17, 15) is 18.0 Å². The van der Waals surface area contributed by atoms with Crippen molar-refractivity contribution in [3.05, 3.63) is 0 Å². The third kappa shape index (κ3) is 5.12. The van der Waals surface area contributed by atoms with Gasteiger partial charge in [0.15, 0.2) is 0 Å². The van der Waals surface area contributed by atoms with Gasteiger partial charge in [-0.1, -0.05) is 0 Å². The highest BCUT2D eigenvalue weighted by molar-refractivity contribution is 5.74. The first-order valence-electron chi connectivity index (χ1n) is 5.95. The summed E-state index contributed by atoms with van der Waals surface area (Å²) in [5.74, 6) is 0.401. The summed E-state index contributed by atoms with van der Waals surface area (Å²) in [5, 5.41) is 1.90. The molecule has 0 aromatic carbocycles. The first-order chi connectivity index (χ1) is 8.35. The van der Waals surface area contributed by atoms with Crippen LogP contribution in [0.5, 0.6) is 0 Å². The summed E-state index contributed by atoms with van der Waals surface area (Å²) < 4.78 is 41.0. The topological polar surface area (TPSA) is 41.6 Å². The lowest BCUT2D eigenvalue weighted by atomic mass is 10.2. The van der Waals surface area contributed by atoms with Crippen LogP contribution in [0.25, 0.3) is 0 Å². The van der Waals surface area contributed by atoms with Crippen molar-refractivity contribution in [2.45, 2.75) is 32.0 Å². The first-order valence-corrected chi connectivity index (χ1v) is 5.95. The Balaban J connectivity index is 2.49. The summed E-state index contributed by atoms with van der Waals surface area (Å²) in [6.45, 7) is 1.18. The van der Waals surface area contributed by atoms with Gasteiger partial charge in [-0.15, -0.1) is 0 Å². The van der Waals surface area contributed by atoms with Gasteiger partial charge in [0, 0.05) is 19.7 Å². The van der Waals surface area contributed by atoms with Gasteiger partial charge in [0.25, 0.3) is 0 Å². The maximum absolute atomic E-state index is 12.0. The SMILES string of the molecule is COCCN(C(=O)NCC(F)(F)F)C(C)C1CC1. The number of methoxy groups -OCH3 is 1. The highest BCUT2D eigenvalue weighted by atomic mass is 19.4. The minimum atomic E-state index is -4.38. The van der Waals surface area contributed by atoms with E-state index in [4.69, 9.17) is 4.74 Å². The molecule has 106 valence electrons. The van der Waals surface area contributed by atoms with Crippen molar-refractivity contribution in [1.82, 2.24) is 10.2 Å². The molecule has 1 N–H and O–H groups in total. The Labute approximate surface area is 104 Å². The molecular formula is C11H19F3N2O2. The molecule has 18 heavy (non-hydrogen) atoms. The minimum Gasteiger partial charge on any atom is -0.383 e. The van der Waals surface area contributed by atoms with Crippen LogP contribution in [0.15, 0.2) is 0 Å². The van der Waals surface area contributed by atoms with Crippen LogP contribution >= 0.6 is 0 Å². The lowest BCUT2D eigenvalue weighted by Gasteiger charge is -2.29. The Kier molecular flexibility index (Phi) is 5.25. The first kappa shape index (κ1) is 15.1. The number of ether oxygens (including phenoxy) is 1. The molecule has 1 fully saturated rings. The van der Waals surface area contributed by atoms with E-state index in [1.54, 1.807) is 0 Å². The van der Waals surface area contributed by atoms with Crippen LogP contribution in [0.3, 0.4) is 0 Å². The predicted molar refractivity (Wildman–Crippen MR) is 60.2 cm³/mol. The maximum Gasteiger partial charge on any atom is 0.405 e. The molecule has 1 rings (SSSR count). The Bertz CT molecular complexity index is 280. The molecule has 0 heterocycles. The lowest BCUT2D eigenvalue weighted by Crippen LogP contribution is -2.49. The maximum atomic E-state index is 12.0. The number of nitrogens with zero attached hydrogens (tertiary/aromatic N) is 1. The number of urea groups is 1. The molecule has 1 aliphatic rings. The molecule has 4 nitrogen and oxygen atoms in total. The number of carbonyl (C=O) groups is 1. The molecule has 0 aromatic rings. The monoisotopic (exact) mass is 268 g/mol. The van der Waals surface area contributed by atoms with Crippen LogP contribution in [0.2, 0.25) is 0 Å². The van der Waals surface area contributed by atoms with Crippen molar-refractivity contribution < 1.29 is 22.7 Å². The second-order valence-electron chi connectivity index (χ2n) is 4.54. The Morgan fingerprint density at radius 1 is 1.50 bits per heavy atom. The highest BCUT2D eigenvalue weighted by Gasteiger charge is 2.35. The van der Waals surface area contributed by atoms with Crippen LogP contribution in [-0.2, 0) is 4.74 Å². The van der Waals surface area contributed by atoms with Crippen LogP contribution < -0.4 is 5.32 Å². The molecule has 0 aromatic heterocycles. The zero-order valence-electron chi connectivity index (χ0n) is 10.6. The number of alkyl halides is 3. The summed E-state index contributed by atoms with van der Waals surface area (Å²) in [6, 6.07) is -0.725. The highest BCUT2D eigenvalue weighted by Crippen LogP contribution is 2.35. The van der Waals surface area contributed by atoms with Gasteiger partial charge in [-0.05, 0) is 25.7 Å². The van der Waals surface area contributed by atoms with Crippen molar-refractivity contribution in [2.24, 2.45) is 5.92 Å². The van der Waals surface area contributed by atoms with Crippen LogP contribution in [0, 0.1) is 5.92 Å². The Hall–Kier alpha value is -0.980. The van der Waals surface area contributed by atoms with Crippen molar-refractivity contribution in [2.75, 3.05) is 26.8 Å². The largest absolute Gasteiger partial charge is 0.405 e. The Morgan fingerprint density at radius 3 is 2.56 bits per heavy atom. The molecule has 1 atom stereocenters. The number of rotatable bonds is 6. The Morgan fingerprint density at radius 2 is 2.11 bits per heavy atom. The quantitative estimate of drug-likeness (QED) is 0.800. The number of hydrogen-bond acceptors (Lipinski definition) is 2. The molecular weight excluding hydrogens is 249 g/mol. The van der Waals surface area contributed by atoms with Gasteiger partial charge in [-0.3, -0.25) is 0 Å². The van der Waals surface area contributed by atoms with Crippen molar-refractivity contribution in [1.29, 1.82) is 0 Å². The fourth-order valence-electron chi connectivity index (χ4n) is 1.79. The molecule has 1 unspecified atom stereocenters. The van der Waals surface area contributed by atoms with Crippen LogP contribution in [-0.4, -0.2) is 50.0 Å². The molecule has 0 aliphatic heterocycles. The van der Waals surface area contributed by atoms with Gasteiger partial charge >= 0.3 is 12.2 Å². The van der Waals surface area contributed by atoms with Gasteiger partial charge in [-0.2, -0.15) is 13.2 Å². The van der Waals surface area contributed by atoms with Crippen molar-refractivity contribution in [3.63, 3.8) is 0 Å². The number of amides is 2. The molecule has 0 bridgehead atoms. The zero-order chi connectivity index (χ0) is 13.8. The fourth-order valence-corrected chi connectivity index (χ4v) is 1.79. The van der Waals surface area contributed by atoms with Gasteiger partial charge in [0.2, 0.25) is 0 Å². The average molecular weight is 268 g/mol. The predicted octanol–water partition coefficient (Wildman–Crippen LogP) is 2.01. The van der Waals surface area contributed by atoms with Crippen molar-refractivity contribution >= 4 is 6.03 Å². The van der Waals surface area contributed by atoms with Gasteiger partial charge in [0.1, 0.15) is 6.54 Å². The van der Waals surface area contributed by atoms with Gasteiger partial charge in [0.05, 0.1) is 6.61 Å². The molecule has 7 heteroatoms. The number of hydrogen-bond donors (Lipinski definition) is 1. The molecule has 2 amide bonds. The van der Waals surface area contributed by atoms with E-state index in [0.29, 0.717) is 19.1 Å². The third-order valence-corrected chi connectivity index (χ3v) is 3.03. The van der Waals surface area contributed by atoms with E-state index in [0.717, 1.165) is 12.8 Å².